The van der Waals surface area contributed by atoms with Crippen LogP contribution >= 0.6 is 23.5 Å². The minimum Gasteiger partial charge on any atom is -0.381 e. The van der Waals surface area contributed by atoms with E-state index in [4.69, 9.17) is 56.9 Å². The summed E-state index contributed by atoms with van der Waals surface area (Å²) in [5, 5.41) is 12.4. The molecule has 12 fully saturated rings. The standard InChI is InChI=1S/C5H11N.C5H10O.C5H10S.C4H9NO.2C4H8O2.C4H8O.C4H8S.3C3H7NO.C3H6O2.24C2H6/c3*1-2-4-6-5-3-1;1-3-6-4-2-5-1;1-2-6-4-3-5-1;1-2-5-4-6-3-1;2*1-2-4-5-3-1;2*1-2-5-3-4-1;1-2-4-5-3-1;1-2-5-3-4-1;24*1-2/h6H,1-5H2;2*1-5H2;5H,1-4H2;2*1-4H2;2*1-4H2;3*4H,1-3H2;1-3H2;24*1-2H3. The van der Waals surface area contributed by atoms with Gasteiger partial charge in [-0.15, -0.1) is 0 Å². The summed E-state index contributed by atoms with van der Waals surface area (Å²) in [6.07, 6.45) is 20.3. The van der Waals surface area contributed by atoms with Crippen LogP contribution in [0.2, 0.25) is 0 Å². The van der Waals surface area contributed by atoms with Crippen molar-refractivity contribution in [3.8, 4) is 0 Å². The normalized spacial score (nSPS) is 15.2. The van der Waals surface area contributed by atoms with Gasteiger partial charge in [-0.1, -0.05) is 345 Å². The van der Waals surface area contributed by atoms with Gasteiger partial charge in [-0.3, -0.25) is 10.6 Å². The maximum Gasteiger partial charge on any atom is 0.146 e. The zero-order chi connectivity index (χ0) is 94.7. The topological polar surface area (TPSA) is 171 Å². The lowest BCUT2D eigenvalue weighted by molar-refractivity contribution is -0.0963. The molecule has 12 rings (SSSR count). The Balaban J connectivity index is -0.0000000337. The van der Waals surface area contributed by atoms with Crippen molar-refractivity contribution in [1.82, 2.24) is 26.7 Å². The van der Waals surface area contributed by atoms with Gasteiger partial charge >= 0.3 is 0 Å². The highest BCUT2D eigenvalue weighted by Crippen LogP contribution is 2.15. The average Bonchev–Trinajstić information content (AvgIpc) is 3.16. The molecule has 0 aromatic rings. The van der Waals surface area contributed by atoms with Crippen LogP contribution in [-0.2, 0) is 56.9 Å². The molecule has 17 nitrogen and oxygen atoms in total. The molecule has 12 aliphatic heterocycles. The Morgan fingerprint density at radius 2 is 0.360 bits per heavy atom. The van der Waals surface area contributed by atoms with Gasteiger partial charge in [0.15, 0.2) is 0 Å². The van der Waals surface area contributed by atoms with Crippen LogP contribution in [0, 0.1) is 0 Å². The van der Waals surface area contributed by atoms with Crippen LogP contribution in [0.25, 0.3) is 0 Å². The number of hydroxylamine groups is 1. The molecular formula is C95H243N5O12S2. The second-order valence-corrected chi connectivity index (χ2v) is 18.3. The summed E-state index contributed by atoms with van der Waals surface area (Å²) < 4.78 is 53.7. The summed E-state index contributed by atoms with van der Waals surface area (Å²) in [4.78, 5) is 4.69. The van der Waals surface area contributed by atoms with Gasteiger partial charge in [-0.2, -0.15) is 23.5 Å². The third-order valence-corrected chi connectivity index (χ3v) is 12.1. The number of hydrogen-bond acceptors (Lipinski definition) is 19. The fraction of sp³-hybridized carbons (Fsp3) is 1.00. The van der Waals surface area contributed by atoms with E-state index in [1.54, 1.807) is 0 Å². The van der Waals surface area contributed by atoms with Crippen molar-refractivity contribution >= 4 is 23.5 Å². The first-order valence-electron chi connectivity index (χ1n) is 49.7. The third-order valence-electron chi connectivity index (χ3n) is 9.77. The van der Waals surface area contributed by atoms with E-state index in [-0.39, 0.29) is 0 Å². The molecule has 0 atom stereocenters. The molecule has 0 unspecified atom stereocenters. The van der Waals surface area contributed by atoms with Gasteiger partial charge in [-0.25, -0.2) is 5.48 Å². The van der Waals surface area contributed by atoms with E-state index >= 15 is 0 Å². The summed E-state index contributed by atoms with van der Waals surface area (Å²) in [7, 11) is 0. The predicted molar refractivity (Wildman–Crippen MR) is 541 cm³/mol. The largest absolute Gasteiger partial charge is 0.381 e. The molecule has 5 N–H and O–H groups in total. The van der Waals surface area contributed by atoms with Gasteiger partial charge in [0.2, 0.25) is 0 Å². The minimum absolute atomic E-state index is 0.500. The van der Waals surface area contributed by atoms with Gasteiger partial charge in [0.05, 0.1) is 99.4 Å². The fourth-order valence-electron chi connectivity index (χ4n) is 5.97. The zero-order valence-corrected chi connectivity index (χ0v) is 91.1. The second-order valence-electron chi connectivity index (χ2n) is 15.8. The van der Waals surface area contributed by atoms with Crippen molar-refractivity contribution < 1.29 is 56.9 Å². The van der Waals surface area contributed by atoms with Gasteiger partial charge in [0.1, 0.15) is 13.6 Å². The number of thioether (sulfide) groups is 2. The van der Waals surface area contributed by atoms with Gasteiger partial charge in [-0.05, 0) is 120 Å². The SMILES string of the molecule is C1CCNCC1.C1CCOC1.C1CCOCC1.C1CCSC1.C1CCSCC1.C1CNOC1.C1COCCN1.C1COCCO1.C1COCN1.C1COCN1.C1COCO1.C1COCOC1.CC.CC.CC.CC.CC.CC.CC.CC.CC.CC.CC.CC.CC.CC.CC.CC.CC.CC.CC.CC.CC.CC.CC.CC. The van der Waals surface area contributed by atoms with Crippen molar-refractivity contribution in [2.24, 2.45) is 0 Å². The lowest BCUT2D eigenvalue weighted by atomic mass is 10.2. The van der Waals surface area contributed by atoms with E-state index in [1.807, 2.05) is 332 Å². The molecule has 114 heavy (non-hydrogen) atoms. The van der Waals surface area contributed by atoms with Crippen LogP contribution in [0.1, 0.15) is 429 Å². The van der Waals surface area contributed by atoms with E-state index in [9.17, 15) is 0 Å². The second kappa shape index (κ2) is 325. The van der Waals surface area contributed by atoms with Crippen molar-refractivity contribution in [1.29, 1.82) is 0 Å². The monoisotopic (exact) mass is 1710 g/mol. The highest BCUT2D eigenvalue weighted by molar-refractivity contribution is 7.99. The van der Waals surface area contributed by atoms with Crippen molar-refractivity contribution in [3.05, 3.63) is 0 Å². The molecule has 0 aromatic carbocycles. The summed E-state index contributed by atoms with van der Waals surface area (Å²) in [6, 6.07) is 0. The van der Waals surface area contributed by atoms with Crippen LogP contribution in [0.4, 0.5) is 0 Å². The Kier molecular flexibility index (Phi) is 513. The lowest BCUT2D eigenvalue weighted by Crippen LogP contribution is -2.30. The van der Waals surface area contributed by atoms with Crippen molar-refractivity contribution in [2.45, 2.75) is 429 Å². The number of nitrogens with one attached hydrogen (secondary N) is 5. The molecule has 12 aliphatic rings. The summed E-state index contributed by atoms with van der Waals surface area (Å²) in [5.41, 5.74) is 2.72. The summed E-state index contributed by atoms with van der Waals surface area (Å²) in [5.74, 6) is 5.67. The maximum absolute atomic E-state index is 5.07. The molecule has 0 radical (unpaired) electrons. The molecular weight excluding hydrogens is 1470 g/mol. The molecule has 0 aliphatic carbocycles. The number of rotatable bonds is 0. The van der Waals surface area contributed by atoms with E-state index in [0.29, 0.717) is 13.6 Å². The predicted octanol–water partition coefficient (Wildman–Crippen LogP) is 29.8. The maximum atomic E-state index is 5.07. The molecule has 12 heterocycles. The van der Waals surface area contributed by atoms with Gasteiger partial charge in [0, 0.05) is 59.2 Å². The first-order valence-corrected chi connectivity index (χ1v) is 52.0. The highest BCUT2D eigenvalue weighted by atomic mass is 32.2. The first kappa shape index (κ1) is 180. The van der Waals surface area contributed by atoms with Crippen molar-refractivity contribution in [3.63, 3.8) is 0 Å². The van der Waals surface area contributed by atoms with Crippen LogP contribution in [-0.4, -0.2) is 208 Å². The molecule has 0 spiro atoms. The Morgan fingerprint density at radius 1 is 0.149 bits per heavy atom. The molecule has 0 aromatic heterocycles. The Hall–Kier alpha value is 0.0200. The quantitative estimate of drug-likeness (QED) is 0.155. The van der Waals surface area contributed by atoms with Crippen LogP contribution < -0.4 is 26.7 Å². The molecule has 0 amide bonds. The number of piperidine rings is 1. The van der Waals surface area contributed by atoms with Crippen LogP contribution in [0.5, 0.6) is 0 Å². The first-order chi connectivity index (χ1) is 57.0. The number of ether oxygens (including phenoxy) is 11. The average molecular weight is 1710 g/mol. The molecule has 0 saturated carbocycles. The fourth-order valence-corrected chi connectivity index (χ4v) is 8.01. The smallest absolute Gasteiger partial charge is 0.146 e. The number of hydrogen-bond donors (Lipinski definition) is 5. The van der Waals surface area contributed by atoms with Gasteiger partial charge in [0.25, 0.3) is 0 Å². The highest BCUT2D eigenvalue weighted by Gasteiger charge is 2.00. The van der Waals surface area contributed by atoms with E-state index < -0.39 is 0 Å². The van der Waals surface area contributed by atoms with Crippen LogP contribution in [0.15, 0.2) is 0 Å². The third kappa shape index (κ3) is 317. The summed E-state index contributed by atoms with van der Waals surface area (Å²) in [6.45, 7) is 121. The summed E-state index contributed by atoms with van der Waals surface area (Å²) >= 11 is 4.17. The Labute approximate surface area is 739 Å². The number of morpholine rings is 1. The van der Waals surface area contributed by atoms with Crippen LogP contribution in [0.3, 0.4) is 0 Å². The minimum atomic E-state index is 0.500. The van der Waals surface area contributed by atoms with Crippen molar-refractivity contribution in [2.75, 3.05) is 208 Å². The van der Waals surface area contributed by atoms with E-state index in [1.165, 1.54) is 126 Å². The Morgan fingerprint density at radius 3 is 0.456 bits per heavy atom. The molecule has 19 heteroatoms. The molecule has 732 valence electrons. The van der Waals surface area contributed by atoms with E-state index in [2.05, 4.69) is 50.3 Å². The van der Waals surface area contributed by atoms with Gasteiger partial charge < -0.3 is 67.6 Å². The molecule has 0 bridgehead atoms. The lowest BCUT2D eigenvalue weighted by Gasteiger charge is -2.10. The van der Waals surface area contributed by atoms with E-state index in [0.717, 1.165) is 165 Å². The zero-order valence-electron chi connectivity index (χ0n) is 89.4. The molecule has 12 saturated heterocycles. The Bertz CT molecular complexity index is 563.